The van der Waals surface area contributed by atoms with E-state index in [-0.39, 0.29) is 18.8 Å². The average molecular weight is 333 g/mol. The van der Waals surface area contributed by atoms with E-state index in [2.05, 4.69) is 0 Å². The molecule has 0 aliphatic heterocycles. The molecule has 2 N–H and O–H groups in total. The van der Waals surface area contributed by atoms with Crippen molar-refractivity contribution in [3.63, 3.8) is 0 Å². The van der Waals surface area contributed by atoms with E-state index >= 15 is 0 Å². The molecular weight excluding hydrogens is 316 g/mol. The lowest BCUT2D eigenvalue weighted by Crippen LogP contribution is -2.44. The Morgan fingerprint density at radius 3 is 2.33 bits per heavy atom. The molecule has 2 amide bonds. The van der Waals surface area contributed by atoms with Gasteiger partial charge < -0.3 is 15.5 Å². The smallest absolute Gasteiger partial charge is 0.246 e. The normalized spacial score (nSPS) is 10.3. The van der Waals surface area contributed by atoms with Crippen molar-refractivity contribution in [3.8, 4) is 0 Å². The zero-order valence-electron chi connectivity index (χ0n) is 13.1. The first kappa shape index (κ1) is 17.6. The molecule has 0 bridgehead atoms. The number of anilines is 2. The lowest BCUT2D eigenvalue weighted by Gasteiger charge is -2.25. The third-order valence-corrected chi connectivity index (χ3v) is 3.48. The Hall–Kier alpha value is -2.80. The maximum absolute atomic E-state index is 13.8. The van der Waals surface area contributed by atoms with Crippen molar-refractivity contribution >= 4 is 23.2 Å². The van der Waals surface area contributed by atoms with Crippen molar-refractivity contribution in [2.45, 2.75) is 0 Å². The van der Waals surface area contributed by atoms with Gasteiger partial charge >= 0.3 is 0 Å². The molecule has 0 atom stereocenters. The van der Waals surface area contributed by atoms with Crippen LogP contribution in [0.4, 0.5) is 20.2 Å². The quantitative estimate of drug-likeness (QED) is 0.909. The molecule has 0 aliphatic rings. The molecule has 0 radical (unpaired) electrons. The second-order valence-electron chi connectivity index (χ2n) is 5.07. The number of amides is 2. The maximum atomic E-state index is 13.8. The summed E-state index contributed by atoms with van der Waals surface area (Å²) < 4.78 is 27.1. The molecule has 0 heterocycles. The first-order valence-electron chi connectivity index (χ1n) is 7.21. The van der Waals surface area contributed by atoms with Crippen molar-refractivity contribution in [3.05, 3.63) is 60.2 Å². The van der Waals surface area contributed by atoms with Gasteiger partial charge in [0.2, 0.25) is 11.8 Å². The van der Waals surface area contributed by atoms with Gasteiger partial charge in [0.25, 0.3) is 0 Å². The maximum Gasteiger partial charge on any atom is 0.246 e. The number of halogens is 2. The second-order valence-corrected chi connectivity index (χ2v) is 5.07. The minimum absolute atomic E-state index is 0.201. The van der Waals surface area contributed by atoms with Gasteiger partial charge in [-0.05, 0) is 24.3 Å². The minimum atomic E-state index is -0.733. The number of nitrogens with two attached hydrogens (primary N) is 1. The number of likely N-dealkylation sites (N-methyl/N-ethyl adjacent to an activating group) is 1. The van der Waals surface area contributed by atoms with Crippen LogP contribution in [0.3, 0.4) is 0 Å². The lowest BCUT2D eigenvalue weighted by atomic mass is 10.2. The number of hydrogen-bond acceptors (Lipinski definition) is 3. The monoisotopic (exact) mass is 333 g/mol. The second kappa shape index (κ2) is 7.65. The molecule has 0 unspecified atom stereocenters. The summed E-state index contributed by atoms with van der Waals surface area (Å²) >= 11 is 0. The molecule has 0 spiro atoms. The van der Waals surface area contributed by atoms with Gasteiger partial charge in [-0.3, -0.25) is 9.59 Å². The minimum Gasteiger partial charge on any atom is -0.322 e. The number of rotatable bonds is 5. The Morgan fingerprint density at radius 2 is 1.71 bits per heavy atom. The van der Waals surface area contributed by atoms with Crippen molar-refractivity contribution in [1.29, 1.82) is 0 Å². The molecule has 2 rings (SSSR count). The largest absolute Gasteiger partial charge is 0.322 e. The van der Waals surface area contributed by atoms with E-state index in [4.69, 9.17) is 5.73 Å². The number of carbonyl (C=O) groups is 2. The highest BCUT2D eigenvalue weighted by Crippen LogP contribution is 2.20. The summed E-state index contributed by atoms with van der Waals surface area (Å²) in [7, 11) is 1.32. The van der Waals surface area contributed by atoms with Crippen LogP contribution in [-0.2, 0) is 9.59 Å². The van der Waals surface area contributed by atoms with Crippen LogP contribution in [0.25, 0.3) is 0 Å². The molecule has 24 heavy (non-hydrogen) atoms. The van der Waals surface area contributed by atoms with E-state index in [1.54, 1.807) is 30.3 Å². The van der Waals surface area contributed by atoms with Gasteiger partial charge in [-0.15, -0.1) is 0 Å². The first-order valence-corrected chi connectivity index (χ1v) is 7.21. The number of nitrogens with zero attached hydrogens (tertiary/aromatic N) is 2. The third kappa shape index (κ3) is 3.94. The van der Waals surface area contributed by atoms with Crippen molar-refractivity contribution < 1.29 is 18.4 Å². The summed E-state index contributed by atoms with van der Waals surface area (Å²) in [5.41, 5.74) is 5.69. The van der Waals surface area contributed by atoms with E-state index in [1.165, 1.54) is 11.9 Å². The molecule has 7 heteroatoms. The van der Waals surface area contributed by atoms with Gasteiger partial charge in [0, 0.05) is 18.8 Å². The standard InChI is InChI=1S/C17H17F2N3O2/c1-21(15-9-12(18)7-8-14(15)19)17(24)11-22(16(23)10-20)13-5-3-2-4-6-13/h2-9H,10-11,20H2,1H3. The summed E-state index contributed by atoms with van der Waals surface area (Å²) in [4.78, 5) is 26.6. The highest BCUT2D eigenvalue weighted by molar-refractivity contribution is 6.04. The first-order chi connectivity index (χ1) is 11.4. The van der Waals surface area contributed by atoms with E-state index < -0.39 is 23.4 Å². The van der Waals surface area contributed by atoms with Crippen LogP contribution in [0.2, 0.25) is 0 Å². The predicted octanol–water partition coefficient (Wildman–Crippen LogP) is 1.92. The van der Waals surface area contributed by atoms with Crippen molar-refractivity contribution in [2.24, 2.45) is 5.73 Å². The van der Waals surface area contributed by atoms with Gasteiger partial charge in [0.15, 0.2) is 0 Å². The third-order valence-electron chi connectivity index (χ3n) is 3.48. The molecule has 0 aromatic heterocycles. The highest BCUT2D eigenvalue weighted by atomic mass is 19.1. The fourth-order valence-corrected chi connectivity index (χ4v) is 2.16. The predicted molar refractivity (Wildman–Crippen MR) is 87.6 cm³/mol. The number of carbonyl (C=O) groups excluding carboxylic acids is 2. The Balaban J connectivity index is 2.24. The average Bonchev–Trinajstić information content (AvgIpc) is 2.61. The summed E-state index contributed by atoms with van der Waals surface area (Å²) in [6.45, 7) is -0.618. The van der Waals surface area contributed by atoms with Crippen LogP contribution in [0, 0.1) is 11.6 Å². The number of benzene rings is 2. The number of hydrogen-bond donors (Lipinski definition) is 1. The summed E-state index contributed by atoms with van der Waals surface area (Å²) in [5.74, 6) is -2.43. The van der Waals surface area contributed by atoms with Crippen molar-refractivity contribution in [2.75, 3.05) is 29.9 Å². The molecule has 0 aliphatic carbocycles. The Kier molecular flexibility index (Phi) is 5.59. The fourth-order valence-electron chi connectivity index (χ4n) is 2.16. The van der Waals surface area contributed by atoms with Crippen LogP contribution in [0.5, 0.6) is 0 Å². The molecule has 0 fully saturated rings. The van der Waals surface area contributed by atoms with Crippen LogP contribution in [0.1, 0.15) is 0 Å². The molecule has 126 valence electrons. The zero-order valence-corrected chi connectivity index (χ0v) is 13.1. The van der Waals surface area contributed by atoms with Crippen LogP contribution < -0.4 is 15.5 Å². The van der Waals surface area contributed by atoms with Crippen molar-refractivity contribution in [1.82, 2.24) is 0 Å². The van der Waals surface area contributed by atoms with Crippen LogP contribution >= 0.6 is 0 Å². The summed E-state index contributed by atoms with van der Waals surface area (Å²) in [6.07, 6.45) is 0. The Morgan fingerprint density at radius 1 is 1.04 bits per heavy atom. The Labute approximate surface area is 138 Å². The van der Waals surface area contributed by atoms with Gasteiger partial charge in [-0.25, -0.2) is 8.78 Å². The molecule has 2 aromatic rings. The van der Waals surface area contributed by atoms with Gasteiger partial charge in [0.05, 0.1) is 12.2 Å². The van der Waals surface area contributed by atoms with Gasteiger partial charge in [-0.2, -0.15) is 0 Å². The van der Waals surface area contributed by atoms with Crippen LogP contribution in [-0.4, -0.2) is 32.0 Å². The molecule has 0 saturated heterocycles. The Bertz CT molecular complexity index is 738. The zero-order chi connectivity index (χ0) is 17.7. The SMILES string of the molecule is CN(C(=O)CN(C(=O)CN)c1ccccc1)c1cc(F)ccc1F. The van der Waals surface area contributed by atoms with Gasteiger partial charge in [0.1, 0.15) is 18.2 Å². The van der Waals surface area contributed by atoms with Crippen LogP contribution in [0.15, 0.2) is 48.5 Å². The highest BCUT2D eigenvalue weighted by Gasteiger charge is 2.22. The fraction of sp³-hybridized carbons (Fsp3) is 0.176. The lowest BCUT2D eigenvalue weighted by molar-refractivity contribution is -0.121. The van der Waals surface area contributed by atoms with E-state index in [1.807, 2.05) is 0 Å². The van der Waals surface area contributed by atoms with Gasteiger partial charge in [-0.1, -0.05) is 18.2 Å². The number of para-hydroxylation sites is 1. The molecular formula is C17H17F2N3O2. The summed E-state index contributed by atoms with van der Waals surface area (Å²) in [6, 6.07) is 11.3. The molecule has 0 saturated carbocycles. The summed E-state index contributed by atoms with van der Waals surface area (Å²) in [5, 5.41) is 0. The molecule has 2 aromatic carbocycles. The van der Waals surface area contributed by atoms with E-state index in [0.29, 0.717) is 5.69 Å². The molecule has 5 nitrogen and oxygen atoms in total. The van der Waals surface area contributed by atoms with E-state index in [9.17, 15) is 18.4 Å². The van der Waals surface area contributed by atoms with E-state index in [0.717, 1.165) is 23.1 Å². The topological polar surface area (TPSA) is 66.6 Å².